The molecule has 2 fully saturated rings. The minimum atomic E-state index is -0.285. The zero-order valence-corrected chi connectivity index (χ0v) is 13.1. The van der Waals surface area contributed by atoms with Crippen LogP contribution < -0.4 is 5.73 Å². The first-order chi connectivity index (χ1) is 10.1. The summed E-state index contributed by atoms with van der Waals surface area (Å²) >= 11 is 2.00. The van der Waals surface area contributed by atoms with Crippen LogP contribution in [-0.2, 0) is 16.7 Å². The lowest BCUT2D eigenvalue weighted by atomic mass is 9.71. The van der Waals surface area contributed by atoms with Crippen LogP contribution in [0.1, 0.15) is 36.8 Å². The van der Waals surface area contributed by atoms with E-state index < -0.39 is 0 Å². The van der Waals surface area contributed by atoms with Crippen LogP contribution in [0, 0.1) is 11.7 Å². The second-order valence-electron chi connectivity index (χ2n) is 6.87. The van der Waals surface area contributed by atoms with E-state index in [4.69, 9.17) is 10.5 Å². The number of aryl methyl sites for hydroxylation is 1. The normalized spacial score (nSPS) is 38.9. The van der Waals surface area contributed by atoms with Crippen molar-refractivity contribution >= 4 is 11.8 Å². The van der Waals surface area contributed by atoms with Gasteiger partial charge in [0.05, 0.1) is 5.60 Å². The van der Waals surface area contributed by atoms with Crippen molar-refractivity contribution in [3.8, 4) is 0 Å². The molecule has 0 amide bonds. The van der Waals surface area contributed by atoms with Crippen LogP contribution in [0.5, 0.6) is 0 Å². The average Bonchev–Trinajstić information content (AvgIpc) is 3.05. The smallest absolute Gasteiger partial charge is 0.123 e. The minimum Gasteiger partial charge on any atom is -0.374 e. The van der Waals surface area contributed by atoms with Gasteiger partial charge in [-0.15, -0.1) is 0 Å². The van der Waals surface area contributed by atoms with Crippen molar-refractivity contribution in [1.82, 2.24) is 0 Å². The van der Waals surface area contributed by atoms with E-state index in [1.165, 1.54) is 11.3 Å². The molecule has 1 spiro atoms. The Labute approximate surface area is 129 Å². The Bertz CT molecular complexity index is 558. The van der Waals surface area contributed by atoms with Crippen LogP contribution in [0.2, 0.25) is 0 Å². The summed E-state index contributed by atoms with van der Waals surface area (Å²) in [6, 6.07) is 5.15. The zero-order chi connectivity index (χ0) is 14.5. The third kappa shape index (κ3) is 2.23. The maximum Gasteiger partial charge on any atom is 0.123 e. The topological polar surface area (TPSA) is 35.2 Å². The maximum atomic E-state index is 13.4. The predicted molar refractivity (Wildman–Crippen MR) is 83.9 cm³/mol. The van der Waals surface area contributed by atoms with Gasteiger partial charge < -0.3 is 10.5 Å². The van der Waals surface area contributed by atoms with Gasteiger partial charge in [0.2, 0.25) is 0 Å². The molecule has 1 aliphatic carbocycles. The fraction of sp³-hybridized carbons (Fsp3) is 0.647. The molecule has 3 atom stereocenters. The van der Waals surface area contributed by atoms with Gasteiger partial charge in [-0.2, -0.15) is 11.8 Å². The zero-order valence-electron chi connectivity index (χ0n) is 12.2. The molecule has 1 aromatic carbocycles. The molecule has 21 heavy (non-hydrogen) atoms. The molecular weight excluding hydrogens is 285 g/mol. The van der Waals surface area contributed by atoms with E-state index in [0.29, 0.717) is 5.92 Å². The molecule has 0 saturated carbocycles. The van der Waals surface area contributed by atoms with E-state index in [9.17, 15) is 4.39 Å². The molecular formula is C17H22FNOS. The molecule has 2 N–H and O–H groups in total. The maximum absolute atomic E-state index is 13.4. The molecule has 2 nitrogen and oxygen atoms in total. The van der Waals surface area contributed by atoms with Crippen molar-refractivity contribution in [2.75, 3.05) is 18.1 Å². The van der Waals surface area contributed by atoms with Gasteiger partial charge in [0.25, 0.3) is 0 Å². The number of nitrogens with two attached hydrogens (primary N) is 1. The largest absolute Gasteiger partial charge is 0.374 e. The fourth-order valence-electron chi connectivity index (χ4n) is 4.45. The Morgan fingerprint density at radius 2 is 2.24 bits per heavy atom. The monoisotopic (exact) mass is 307 g/mol. The van der Waals surface area contributed by atoms with E-state index in [1.54, 1.807) is 12.1 Å². The van der Waals surface area contributed by atoms with E-state index >= 15 is 0 Å². The van der Waals surface area contributed by atoms with E-state index in [1.807, 2.05) is 17.8 Å². The van der Waals surface area contributed by atoms with Crippen LogP contribution in [0.15, 0.2) is 18.2 Å². The van der Waals surface area contributed by atoms with Gasteiger partial charge >= 0.3 is 0 Å². The molecule has 3 aliphatic rings. The molecule has 1 aromatic rings. The van der Waals surface area contributed by atoms with Gasteiger partial charge in [-0.05, 0) is 67.0 Å². The summed E-state index contributed by atoms with van der Waals surface area (Å²) in [5, 5.41) is 0. The van der Waals surface area contributed by atoms with E-state index in [-0.39, 0.29) is 17.0 Å². The summed E-state index contributed by atoms with van der Waals surface area (Å²) in [7, 11) is 0. The highest BCUT2D eigenvalue weighted by Gasteiger charge is 2.49. The number of hydrogen-bond donors (Lipinski definition) is 1. The van der Waals surface area contributed by atoms with Gasteiger partial charge in [-0.25, -0.2) is 4.39 Å². The Morgan fingerprint density at radius 1 is 1.33 bits per heavy atom. The molecule has 0 aromatic heterocycles. The summed E-state index contributed by atoms with van der Waals surface area (Å²) in [5.41, 5.74) is 8.92. The van der Waals surface area contributed by atoms with Crippen molar-refractivity contribution in [2.24, 2.45) is 11.7 Å². The summed E-state index contributed by atoms with van der Waals surface area (Å²) < 4.78 is 19.6. The van der Waals surface area contributed by atoms with Gasteiger partial charge in [0.15, 0.2) is 0 Å². The lowest BCUT2D eigenvalue weighted by Gasteiger charge is -2.45. The minimum absolute atomic E-state index is 0.0583. The highest BCUT2D eigenvalue weighted by atomic mass is 32.2. The first-order valence-electron chi connectivity index (χ1n) is 7.91. The number of rotatable bonds is 1. The number of fused-ring (bicyclic) bond motifs is 1. The molecule has 4 heteroatoms. The Balaban J connectivity index is 1.64. The third-order valence-electron chi connectivity index (χ3n) is 5.67. The summed E-state index contributed by atoms with van der Waals surface area (Å²) in [5.74, 6) is 2.62. The second-order valence-corrected chi connectivity index (χ2v) is 7.97. The number of thioether (sulfide) groups is 1. The average molecular weight is 307 g/mol. The molecule has 0 radical (unpaired) electrons. The third-order valence-corrected chi connectivity index (χ3v) is 6.89. The Kier molecular flexibility index (Phi) is 3.32. The number of hydrogen-bond acceptors (Lipinski definition) is 3. The highest BCUT2D eigenvalue weighted by Crippen LogP contribution is 2.49. The standard InChI is InChI=1S/C17H22FNOS/c18-14-1-2-15-12(9-14)3-5-17(15,19)13-4-7-20-16(10-13)6-8-21-11-16/h1-2,9,13H,3-8,10-11,19H2. The molecule has 2 heterocycles. The number of halogens is 1. The van der Waals surface area contributed by atoms with Gasteiger partial charge in [0.1, 0.15) is 5.82 Å². The van der Waals surface area contributed by atoms with Crippen LogP contribution >= 0.6 is 11.8 Å². The van der Waals surface area contributed by atoms with Gasteiger partial charge in [-0.3, -0.25) is 0 Å². The second kappa shape index (κ2) is 4.97. The number of benzene rings is 1. The molecule has 2 aliphatic heterocycles. The van der Waals surface area contributed by atoms with Crippen molar-refractivity contribution in [1.29, 1.82) is 0 Å². The van der Waals surface area contributed by atoms with E-state index in [2.05, 4.69) is 0 Å². The van der Waals surface area contributed by atoms with Crippen LogP contribution in [0.25, 0.3) is 0 Å². The van der Waals surface area contributed by atoms with Crippen LogP contribution in [0.4, 0.5) is 4.39 Å². The highest BCUT2D eigenvalue weighted by molar-refractivity contribution is 7.99. The van der Waals surface area contributed by atoms with Crippen molar-refractivity contribution in [2.45, 2.75) is 43.2 Å². The van der Waals surface area contributed by atoms with Crippen molar-refractivity contribution in [3.63, 3.8) is 0 Å². The molecule has 2 saturated heterocycles. The lowest BCUT2D eigenvalue weighted by Crippen LogP contribution is -2.50. The quantitative estimate of drug-likeness (QED) is 0.865. The Morgan fingerprint density at radius 3 is 3.05 bits per heavy atom. The summed E-state index contributed by atoms with van der Waals surface area (Å²) in [6.45, 7) is 0.820. The van der Waals surface area contributed by atoms with Crippen LogP contribution in [0.3, 0.4) is 0 Å². The van der Waals surface area contributed by atoms with Crippen LogP contribution in [-0.4, -0.2) is 23.7 Å². The first-order valence-corrected chi connectivity index (χ1v) is 9.06. The summed E-state index contributed by atoms with van der Waals surface area (Å²) in [4.78, 5) is 0. The lowest BCUT2D eigenvalue weighted by molar-refractivity contribution is -0.0932. The molecule has 114 valence electrons. The van der Waals surface area contributed by atoms with E-state index in [0.717, 1.165) is 50.0 Å². The van der Waals surface area contributed by atoms with Crippen molar-refractivity contribution < 1.29 is 9.13 Å². The van der Waals surface area contributed by atoms with Gasteiger partial charge in [-0.1, -0.05) is 6.07 Å². The van der Waals surface area contributed by atoms with Crippen molar-refractivity contribution in [3.05, 3.63) is 35.1 Å². The Hall–Kier alpha value is -0.580. The SMILES string of the molecule is NC1(C2CCOC3(CCSC3)C2)CCc2cc(F)ccc21. The summed E-state index contributed by atoms with van der Waals surface area (Å²) in [6.07, 6.45) is 5.09. The van der Waals surface area contributed by atoms with Gasteiger partial charge in [0, 0.05) is 17.9 Å². The number of ether oxygens (including phenoxy) is 1. The first kappa shape index (κ1) is 14.0. The molecule has 3 unspecified atom stereocenters. The molecule has 0 bridgehead atoms. The molecule has 4 rings (SSSR count). The predicted octanol–water partition coefficient (Wildman–Crippen LogP) is 3.23. The fourth-order valence-corrected chi connectivity index (χ4v) is 5.83.